The van der Waals surface area contributed by atoms with Crippen molar-refractivity contribution in [3.63, 3.8) is 0 Å². The fourth-order valence-electron chi connectivity index (χ4n) is 2.13. The summed E-state index contributed by atoms with van der Waals surface area (Å²) in [7, 11) is 0. The lowest BCUT2D eigenvalue weighted by Gasteiger charge is -2.31. The van der Waals surface area contributed by atoms with Crippen LogP contribution in [0.15, 0.2) is 29.4 Å². The third-order valence-electron chi connectivity index (χ3n) is 3.10. The Balaban J connectivity index is 2.42. The SMILES string of the molecule is CC1=NN(C(=O)C(F)(F)F)C(O)(c2ccc([N+](=O)[O-])cc2)C1. The van der Waals surface area contributed by atoms with Crippen LogP contribution in [-0.2, 0) is 10.5 Å². The summed E-state index contributed by atoms with van der Waals surface area (Å²) in [4.78, 5) is 21.3. The molecular weight excluding hydrogens is 307 g/mol. The van der Waals surface area contributed by atoms with Crippen molar-refractivity contribution < 1.29 is 28.0 Å². The molecule has 1 heterocycles. The molecule has 1 aliphatic heterocycles. The molecule has 0 spiro atoms. The molecule has 0 bridgehead atoms. The van der Waals surface area contributed by atoms with Crippen molar-refractivity contribution in [3.8, 4) is 0 Å². The number of nitro benzene ring substituents is 1. The number of nitrogens with zero attached hydrogens (tertiary/aromatic N) is 3. The molecule has 0 saturated carbocycles. The lowest BCUT2D eigenvalue weighted by atomic mass is 9.97. The highest BCUT2D eigenvalue weighted by Crippen LogP contribution is 2.38. The molecule has 0 aromatic heterocycles. The van der Waals surface area contributed by atoms with Crippen LogP contribution >= 0.6 is 0 Å². The minimum absolute atomic E-state index is 0.0382. The maximum atomic E-state index is 12.6. The van der Waals surface area contributed by atoms with Gasteiger partial charge < -0.3 is 5.11 Å². The largest absolute Gasteiger partial charge is 0.473 e. The molecule has 1 aromatic carbocycles. The van der Waals surface area contributed by atoms with Gasteiger partial charge in [-0.3, -0.25) is 14.9 Å². The summed E-state index contributed by atoms with van der Waals surface area (Å²) in [5.41, 5.74) is -2.60. The standard InChI is InChI=1S/C12H10F3N3O4/c1-7-6-11(20,17(16-7)10(19)12(13,14)15)8-2-4-9(5-3-8)18(21)22/h2-5,20H,6H2,1H3. The Labute approximate surface area is 121 Å². The fourth-order valence-corrected chi connectivity index (χ4v) is 2.13. The number of carbonyl (C=O) groups is 1. The molecule has 22 heavy (non-hydrogen) atoms. The first kappa shape index (κ1) is 15.9. The van der Waals surface area contributed by atoms with Crippen LogP contribution in [-0.4, -0.2) is 32.8 Å². The van der Waals surface area contributed by atoms with Gasteiger partial charge in [-0.25, -0.2) is 0 Å². The second kappa shape index (κ2) is 5.05. The highest BCUT2D eigenvalue weighted by Gasteiger charge is 2.53. The van der Waals surface area contributed by atoms with Crippen LogP contribution in [0.5, 0.6) is 0 Å². The number of halogens is 3. The Morgan fingerprint density at radius 2 is 1.95 bits per heavy atom. The number of benzene rings is 1. The van der Waals surface area contributed by atoms with Crippen molar-refractivity contribution in [2.45, 2.75) is 25.2 Å². The minimum Gasteiger partial charge on any atom is -0.365 e. The van der Waals surface area contributed by atoms with Gasteiger partial charge in [-0.1, -0.05) is 0 Å². The van der Waals surface area contributed by atoms with Crippen molar-refractivity contribution in [2.24, 2.45) is 5.10 Å². The van der Waals surface area contributed by atoms with E-state index in [1.54, 1.807) is 0 Å². The molecule has 0 radical (unpaired) electrons. The second-order valence-corrected chi connectivity index (χ2v) is 4.75. The van der Waals surface area contributed by atoms with E-state index in [1.165, 1.54) is 6.92 Å². The van der Waals surface area contributed by atoms with Crippen LogP contribution in [0.3, 0.4) is 0 Å². The summed E-state index contributed by atoms with van der Waals surface area (Å²) >= 11 is 0. The van der Waals surface area contributed by atoms with Gasteiger partial charge in [0, 0.05) is 29.8 Å². The molecule has 10 heteroatoms. The van der Waals surface area contributed by atoms with Gasteiger partial charge >= 0.3 is 12.1 Å². The van der Waals surface area contributed by atoms with Crippen molar-refractivity contribution in [3.05, 3.63) is 39.9 Å². The van der Waals surface area contributed by atoms with Crippen LogP contribution in [0.25, 0.3) is 0 Å². The number of amides is 1. The summed E-state index contributed by atoms with van der Waals surface area (Å²) in [5.74, 6) is -2.31. The molecule has 1 atom stereocenters. The maximum Gasteiger partial charge on any atom is 0.473 e. The van der Waals surface area contributed by atoms with Crippen molar-refractivity contribution >= 4 is 17.3 Å². The Morgan fingerprint density at radius 1 is 1.41 bits per heavy atom. The number of aliphatic hydroxyl groups is 1. The smallest absolute Gasteiger partial charge is 0.365 e. The van der Waals surface area contributed by atoms with Crippen LogP contribution in [0.1, 0.15) is 18.9 Å². The molecule has 1 N–H and O–H groups in total. The van der Waals surface area contributed by atoms with Crippen LogP contribution in [0.2, 0.25) is 0 Å². The van der Waals surface area contributed by atoms with Gasteiger partial charge in [-0.2, -0.15) is 23.3 Å². The number of non-ortho nitro benzene ring substituents is 1. The Hall–Kier alpha value is -2.49. The molecule has 0 aliphatic carbocycles. The zero-order valence-corrected chi connectivity index (χ0v) is 11.2. The van der Waals surface area contributed by atoms with E-state index in [-0.39, 0.29) is 28.4 Å². The molecule has 1 unspecified atom stereocenters. The van der Waals surface area contributed by atoms with Crippen molar-refractivity contribution in [1.82, 2.24) is 5.01 Å². The predicted octanol–water partition coefficient (Wildman–Crippen LogP) is 1.91. The molecule has 1 amide bonds. The summed E-state index contributed by atoms with van der Waals surface area (Å²) in [6.45, 7) is 1.36. The van der Waals surface area contributed by atoms with E-state index in [0.29, 0.717) is 0 Å². The average molecular weight is 317 g/mol. The number of nitro groups is 1. The minimum atomic E-state index is -5.21. The molecule has 1 aromatic rings. The first-order valence-electron chi connectivity index (χ1n) is 5.98. The second-order valence-electron chi connectivity index (χ2n) is 4.75. The number of hydrogen-bond donors (Lipinski definition) is 1. The molecular formula is C12H10F3N3O4. The quantitative estimate of drug-likeness (QED) is 0.665. The first-order valence-corrected chi connectivity index (χ1v) is 5.98. The number of hydrogen-bond acceptors (Lipinski definition) is 5. The van der Waals surface area contributed by atoms with Gasteiger partial charge in [0.25, 0.3) is 5.69 Å². The summed E-state index contributed by atoms with van der Waals surface area (Å²) < 4.78 is 37.8. The van der Waals surface area contributed by atoms with Gasteiger partial charge in [0.05, 0.1) is 4.92 Å². The van der Waals surface area contributed by atoms with E-state index in [4.69, 9.17) is 0 Å². The van der Waals surface area contributed by atoms with Crippen molar-refractivity contribution in [2.75, 3.05) is 0 Å². The monoisotopic (exact) mass is 317 g/mol. The third-order valence-corrected chi connectivity index (χ3v) is 3.10. The molecule has 0 fully saturated rings. The van der Waals surface area contributed by atoms with Crippen LogP contribution in [0, 0.1) is 10.1 Å². The van der Waals surface area contributed by atoms with E-state index >= 15 is 0 Å². The van der Waals surface area contributed by atoms with Gasteiger partial charge in [0.1, 0.15) is 0 Å². The van der Waals surface area contributed by atoms with E-state index in [9.17, 15) is 33.2 Å². The van der Waals surface area contributed by atoms with E-state index < -0.39 is 22.7 Å². The summed E-state index contributed by atoms with van der Waals surface area (Å²) in [6, 6.07) is 4.22. The first-order chi connectivity index (χ1) is 10.1. The Kier molecular flexibility index (Phi) is 3.65. The van der Waals surface area contributed by atoms with Crippen molar-refractivity contribution in [1.29, 1.82) is 0 Å². The van der Waals surface area contributed by atoms with Gasteiger partial charge in [0.2, 0.25) is 0 Å². The van der Waals surface area contributed by atoms with E-state index in [2.05, 4.69) is 5.10 Å². The zero-order valence-electron chi connectivity index (χ0n) is 11.2. The zero-order chi connectivity index (χ0) is 16.7. The molecule has 2 rings (SSSR count). The Bertz CT molecular complexity index is 657. The maximum absolute atomic E-state index is 12.6. The van der Waals surface area contributed by atoms with E-state index in [0.717, 1.165) is 24.3 Å². The van der Waals surface area contributed by atoms with Crippen LogP contribution in [0.4, 0.5) is 18.9 Å². The Morgan fingerprint density at radius 3 is 2.41 bits per heavy atom. The third kappa shape index (κ3) is 2.64. The number of rotatable bonds is 2. The van der Waals surface area contributed by atoms with E-state index in [1.807, 2.05) is 0 Å². The topological polar surface area (TPSA) is 96.0 Å². The number of hydrazone groups is 1. The molecule has 7 nitrogen and oxygen atoms in total. The molecule has 0 saturated heterocycles. The highest BCUT2D eigenvalue weighted by molar-refractivity contribution is 5.91. The average Bonchev–Trinajstić information content (AvgIpc) is 2.73. The molecule has 118 valence electrons. The predicted molar refractivity (Wildman–Crippen MR) is 67.6 cm³/mol. The van der Waals surface area contributed by atoms with Gasteiger partial charge in [0.15, 0.2) is 5.72 Å². The number of carbonyl (C=O) groups excluding carboxylic acids is 1. The van der Waals surface area contributed by atoms with Gasteiger partial charge in [-0.15, -0.1) is 0 Å². The van der Waals surface area contributed by atoms with Crippen LogP contribution < -0.4 is 0 Å². The lowest BCUT2D eigenvalue weighted by Crippen LogP contribution is -2.48. The highest BCUT2D eigenvalue weighted by atomic mass is 19.4. The fraction of sp³-hybridized carbons (Fsp3) is 0.333. The lowest BCUT2D eigenvalue weighted by molar-refractivity contribution is -0.384. The summed E-state index contributed by atoms with van der Waals surface area (Å²) in [6.07, 6.45) is -5.53. The molecule has 1 aliphatic rings. The normalized spacial score (nSPS) is 21.7. The summed E-state index contributed by atoms with van der Waals surface area (Å²) in [5, 5.41) is 24.5. The van der Waals surface area contributed by atoms with Gasteiger partial charge in [-0.05, 0) is 19.1 Å². The number of alkyl halides is 3.